The van der Waals surface area contributed by atoms with E-state index in [2.05, 4.69) is 19.9 Å². The number of hydrogen-bond donors (Lipinski definition) is 1. The van der Waals surface area contributed by atoms with E-state index in [0.29, 0.717) is 26.1 Å². The summed E-state index contributed by atoms with van der Waals surface area (Å²) in [6.45, 7) is 8.88. The Bertz CT molecular complexity index is 1050. The van der Waals surface area contributed by atoms with Crippen LogP contribution in [0.5, 0.6) is 0 Å². The fourth-order valence-electron chi connectivity index (χ4n) is 6.80. The average Bonchev–Trinajstić information content (AvgIpc) is 3.63. The van der Waals surface area contributed by atoms with Gasteiger partial charge < -0.3 is 28.8 Å². The largest absolute Gasteiger partial charge is 0.462 e. The van der Waals surface area contributed by atoms with Crippen LogP contribution in [-0.4, -0.2) is 73.0 Å². The molecular formula is C29H38O8. The first-order valence-electron chi connectivity index (χ1n) is 13.3. The summed E-state index contributed by atoms with van der Waals surface area (Å²) in [5.41, 5.74) is 0.297. The number of cyclic esters (lactones) is 1. The Kier molecular flexibility index (Phi) is 6.98. The highest BCUT2D eigenvalue weighted by molar-refractivity contribution is 5.83. The molecule has 5 rings (SSSR count). The second-order valence-corrected chi connectivity index (χ2v) is 11.4. The highest BCUT2D eigenvalue weighted by atomic mass is 16.6. The molecule has 8 heteroatoms. The second-order valence-electron chi connectivity index (χ2n) is 11.4. The molecule has 3 unspecified atom stereocenters. The van der Waals surface area contributed by atoms with Crippen molar-refractivity contribution in [3.8, 4) is 0 Å². The monoisotopic (exact) mass is 514 g/mol. The van der Waals surface area contributed by atoms with Gasteiger partial charge in [0, 0.05) is 24.0 Å². The third kappa shape index (κ3) is 4.42. The molecule has 5 aliphatic rings. The first kappa shape index (κ1) is 26.4. The molecule has 3 aliphatic heterocycles. The Morgan fingerprint density at radius 1 is 1.03 bits per heavy atom. The van der Waals surface area contributed by atoms with E-state index in [1.54, 1.807) is 25.2 Å². The van der Waals surface area contributed by atoms with Gasteiger partial charge in [-0.05, 0) is 40.0 Å². The molecule has 8 atom stereocenters. The predicted molar refractivity (Wildman–Crippen MR) is 134 cm³/mol. The molecule has 2 spiro atoms. The molecule has 0 aromatic carbocycles. The predicted octanol–water partition coefficient (Wildman–Crippen LogP) is 3.34. The van der Waals surface area contributed by atoms with Crippen molar-refractivity contribution in [2.24, 2.45) is 10.8 Å². The number of hydrogen-bond acceptors (Lipinski definition) is 8. The van der Waals surface area contributed by atoms with Crippen molar-refractivity contribution in [2.45, 2.75) is 89.5 Å². The van der Waals surface area contributed by atoms with E-state index in [0.717, 1.165) is 18.4 Å². The average molecular weight is 515 g/mol. The Balaban J connectivity index is 1.50. The highest BCUT2D eigenvalue weighted by Gasteiger charge is 2.83. The smallest absolute Gasteiger partial charge is 0.331 e. The van der Waals surface area contributed by atoms with Crippen LogP contribution < -0.4 is 0 Å². The van der Waals surface area contributed by atoms with Gasteiger partial charge >= 0.3 is 11.9 Å². The van der Waals surface area contributed by atoms with Crippen LogP contribution in [0.25, 0.3) is 0 Å². The van der Waals surface area contributed by atoms with Crippen LogP contribution in [0.3, 0.4) is 0 Å². The van der Waals surface area contributed by atoms with Gasteiger partial charge in [-0.1, -0.05) is 42.4 Å². The first-order valence-corrected chi connectivity index (χ1v) is 13.3. The van der Waals surface area contributed by atoms with E-state index in [9.17, 15) is 14.7 Å². The Morgan fingerprint density at radius 3 is 2.57 bits per heavy atom. The molecule has 2 aliphatic carbocycles. The van der Waals surface area contributed by atoms with Gasteiger partial charge in [-0.25, -0.2) is 9.59 Å². The van der Waals surface area contributed by atoms with Gasteiger partial charge in [-0.2, -0.15) is 0 Å². The summed E-state index contributed by atoms with van der Waals surface area (Å²) in [7, 11) is 0. The summed E-state index contributed by atoms with van der Waals surface area (Å²) in [6, 6.07) is 0. The summed E-state index contributed by atoms with van der Waals surface area (Å²) in [5.74, 6) is -0.891. The van der Waals surface area contributed by atoms with Gasteiger partial charge in [0.2, 0.25) is 0 Å². The number of aliphatic hydroxyl groups is 1. The third-order valence-corrected chi connectivity index (χ3v) is 9.32. The van der Waals surface area contributed by atoms with Crippen LogP contribution in [0.1, 0.15) is 53.4 Å². The van der Waals surface area contributed by atoms with Crippen molar-refractivity contribution in [3.63, 3.8) is 0 Å². The Morgan fingerprint density at radius 2 is 1.81 bits per heavy atom. The lowest BCUT2D eigenvalue weighted by Gasteiger charge is -2.58. The van der Waals surface area contributed by atoms with Gasteiger partial charge in [0.25, 0.3) is 0 Å². The first-order chi connectivity index (χ1) is 17.6. The number of carbonyl (C=O) groups is 2. The summed E-state index contributed by atoms with van der Waals surface area (Å²) < 4.78 is 30.5. The topological polar surface area (TPSA) is 104 Å². The maximum absolute atomic E-state index is 12.9. The lowest BCUT2D eigenvalue weighted by Crippen LogP contribution is -2.66. The summed E-state index contributed by atoms with van der Waals surface area (Å²) in [6.07, 6.45) is 10.2. The molecule has 3 fully saturated rings. The molecule has 0 amide bonds. The zero-order valence-electron chi connectivity index (χ0n) is 22.1. The normalized spacial score (nSPS) is 47.6. The molecular weight excluding hydrogens is 476 g/mol. The Labute approximate surface area is 218 Å². The van der Waals surface area contributed by atoms with E-state index in [4.69, 9.17) is 23.7 Å². The number of esters is 2. The van der Waals surface area contributed by atoms with Crippen LogP contribution in [0, 0.1) is 10.8 Å². The van der Waals surface area contributed by atoms with Crippen LogP contribution in [-0.2, 0) is 33.3 Å². The van der Waals surface area contributed by atoms with E-state index < -0.39 is 46.7 Å². The molecule has 37 heavy (non-hydrogen) atoms. The van der Waals surface area contributed by atoms with E-state index in [1.165, 1.54) is 17.7 Å². The molecule has 0 aromatic heterocycles. The van der Waals surface area contributed by atoms with Crippen LogP contribution >= 0.6 is 0 Å². The van der Waals surface area contributed by atoms with Gasteiger partial charge in [0.1, 0.15) is 18.3 Å². The van der Waals surface area contributed by atoms with Crippen molar-refractivity contribution < 1.29 is 38.4 Å². The Hall–Kier alpha value is -2.26. The summed E-state index contributed by atoms with van der Waals surface area (Å²) in [4.78, 5) is 25.8. The number of allylic oxidation sites excluding steroid dienone is 3. The molecule has 1 N–H and O–H groups in total. The molecule has 1 saturated carbocycles. The molecule has 8 nitrogen and oxygen atoms in total. The molecule has 3 heterocycles. The van der Waals surface area contributed by atoms with E-state index in [-0.39, 0.29) is 18.8 Å². The maximum Gasteiger partial charge on any atom is 0.331 e. The van der Waals surface area contributed by atoms with E-state index >= 15 is 0 Å². The van der Waals surface area contributed by atoms with Crippen molar-refractivity contribution in [1.82, 2.24) is 0 Å². The fourth-order valence-corrected chi connectivity index (χ4v) is 6.80. The van der Waals surface area contributed by atoms with Gasteiger partial charge in [0.05, 0.1) is 43.0 Å². The summed E-state index contributed by atoms with van der Waals surface area (Å²) in [5, 5.41) is 10.3. The zero-order chi connectivity index (χ0) is 26.4. The minimum absolute atomic E-state index is 0.144. The molecule has 2 bridgehead atoms. The zero-order valence-corrected chi connectivity index (χ0v) is 22.1. The number of aliphatic hydroxyl groups excluding tert-OH is 1. The van der Waals surface area contributed by atoms with Crippen LogP contribution in [0.4, 0.5) is 0 Å². The van der Waals surface area contributed by atoms with Crippen molar-refractivity contribution in [3.05, 3.63) is 47.6 Å². The minimum atomic E-state index is -0.839. The van der Waals surface area contributed by atoms with E-state index in [1.807, 2.05) is 6.92 Å². The SMILES string of the molecule is CC1=C[C@H]2O[C@@H]3C[C@H]4OC(=O)/C=C\C=C/C(O)C(C)OCC/C(C)=C\C(=O)OC[C@@]2(CC1)[C@]4(C)C31CO1. The molecule has 0 radical (unpaired) electrons. The highest BCUT2D eigenvalue weighted by Crippen LogP contribution is 2.72. The van der Waals surface area contributed by atoms with Gasteiger partial charge in [-0.3, -0.25) is 0 Å². The molecule has 0 aromatic rings. The minimum Gasteiger partial charge on any atom is -0.462 e. The number of carbonyl (C=O) groups excluding carboxylic acids is 2. The van der Waals surface area contributed by atoms with Crippen molar-refractivity contribution in [2.75, 3.05) is 19.8 Å². The number of rotatable bonds is 0. The van der Waals surface area contributed by atoms with Crippen molar-refractivity contribution in [1.29, 1.82) is 0 Å². The quantitative estimate of drug-likeness (QED) is 0.298. The number of epoxide rings is 1. The second kappa shape index (κ2) is 9.80. The lowest BCUT2D eigenvalue weighted by molar-refractivity contribution is -0.232. The standard InChI is InChI=1S/C29H38O8/c1-18-9-11-28-16-34-26(32)14-19(2)10-12-33-20(3)21(30)7-5-6-8-25(31)37-22-15-24(36-23(28)13-18)29(17-35-29)27(22,28)4/h5-8,13-14,20-24,30H,9-12,15-17H2,1-4H3/b7-5-,8-6-,19-14-/t20?,21?,22-,23-,24-,27-,28-,29?/m1/s1. The molecule has 202 valence electrons. The fraction of sp³-hybridized carbons (Fsp3) is 0.655. The summed E-state index contributed by atoms with van der Waals surface area (Å²) >= 11 is 0. The van der Waals surface area contributed by atoms with Gasteiger partial charge in [-0.15, -0.1) is 0 Å². The third-order valence-electron chi connectivity index (χ3n) is 9.32. The van der Waals surface area contributed by atoms with Crippen molar-refractivity contribution >= 4 is 11.9 Å². The molecule has 2 saturated heterocycles. The number of ether oxygens (including phenoxy) is 5. The van der Waals surface area contributed by atoms with Gasteiger partial charge in [0.15, 0.2) is 0 Å². The lowest BCUT2D eigenvalue weighted by atomic mass is 9.51. The van der Waals surface area contributed by atoms with Crippen LogP contribution in [0.15, 0.2) is 47.6 Å². The maximum atomic E-state index is 12.9. The van der Waals surface area contributed by atoms with Crippen LogP contribution in [0.2, 0.25) is 0 Å².